The second kappa shape index (κ2) is 16.1. The van der Waals surface area contributed by atoms with E-state index in [1.165, 1.54) is 0 Å². The van der Waals surface area contributed by atoms with Crippen molar-refractivity contribution in [3.05, 3.63) is 0 Å². The Morgan fingerprint density at radius 1 is 0.857 bits per heavy atom. The van der Waals surface area contributed by atoms with Gasteiger partial charge >= 0.3 is 26.2 Å². The van der Waals surface area contributed by atoms with Gasteiger partial charge in [-0.15, -0.1) is 47.3 Å². The second-order valence-electron chi connectivity index (χ2n) is 0.247. The molecule has 0 nitrogen and oxygen atoms in total. The predicted octanol–water partition coefficient (Wildman–Crippen LogP) is -4.22. The summed E-state index contributed by atoms with van der Waals surface area (Å²) >= 11 is 9.31. The van der Waals surface area contributed by atoms with Crippen molar-refractivity contribution in [2.75, 3.05) is 0 Å². The zero-order chi connectivity index (χ0) is 3.58. The van der Waals surface area contributed by atoms with Crippen LogP contribution < -0.4 is 34.0 Å². The molecule has 0 fully saturated rings. The summed E-state index contributed by atoms with van der Waals surface area (Å²) in [5.74, 6) is 0. The third-order valence-corrected chi connectivity index (χ3v) is 0. The molecule has 0 spiro atoms. The first kappa shape index (κ1) is 22.5. The van der Waals surface area contributed by atoms with Crippen LogP contribution in [0, 0.1) is 0 Å². The topological polar surface area (TPSA) is 0 Å². The molecule has 0 radical (unpaired) electrons. The molecule has 0 aliphatic carbocycles. The molecule has 40 valence electrons. The fourth-order valence-corrected chi connectivity index (χ4v) is 0. The van der Waals surface area contributed by atoms with Gasteiger partial charge in [0, 0.05) is 0 Å². The van der Waals surface area contributed by atoms with Gasteiger partial charge < -0.3 is 34.0 Å². The Morgan fingerprint density at radius 3 is 0.857 bits per heavy atom. The van der Waals surface area contributed by atoms with Crippen molar-refractivity contribution < 1.29 is 34.0 Å². The molecule has 7 heavy (non-hydrogen) atoms. The maximum Gasteiger partial charge on any atom is 2.00 e. The van der Waals surface area contributed by atoms with E-state index in [0.717, 1.165) is 0 Å². The van der Waals surface area contributed by atoms with E-state index in [2.05, 4.69) is 47.3 Å². The fourth-order valence-electron chi connectivity index (χ4n) is 0. The largest absolute Gasteiger partial charge is 2.00 e. The van der Waals surface area contributed by atoms with E-state index in [1.807, 2.05) is 0 Å². The van der Waals surface area contributed by atoms with Gasteiger partial charge in [-0.2, -0.15) is 0 Å². The first-order valence-corrected chi connectivity index (χ1v) is 3.40. The Labute approximate surface area is 106 Å². The number of hydrogen-bond donors (Lipinski definition) is 0. The summed E-state index contributed by atoms with van der Waals surface area (Å²) in [6, 6.07) is 0. The Morgan fingerprint density at radius 2 is 0.857 bits per heavy atom. The van der Waals surface area contributed by atoms with Crippen LogP contribution in [0.4, 0.5) is 0 Å². The van der Waals surface area contributed by atoms with Gasteiger partial charge in [0.1, 0.15) is 0 Å². The summed E-state index contributed by atoms with van der Waals surface area (Å²) in [7, 11) is 0. The normalized spacial score (nSPS) is 3.86. The number of rotatable bonds is 0. The van der Waals surface area contributed by atoms with Crippen molar-refractivity contribution >= 4 is 73.5 Å². The van der Waals surface area contributed by atoms with Crippen molar-refractivity contribution in [2.45, 2.75) is 0 Å². The van der Waals surface area contributed by atoms with Gasteiger partial charge in [-0.25, -0.2) is 0 Å². The molecule has 0 bridgehead atoms. The van der Waals surface area contributed by atoms with Gasteiger partial charge in [-0.3, -0.25) is 0 Å². The molecule has 0 heterocycles. The Hall–Kier alpha value is 3.23. The maximum absolute atomic E-state index is 3.10. The summed E-state index contributed by atoms with van der Waals surface area (Å²) in [5, 5.41) is 0. The summed E-state index contributed by atoms with van der Waals surface area (Å²) in [5.41, 5.74) is 0. The van der Waals surface area contributed by atoms with Crippen molar-refractivity contribution in [3.8, 4) is 0 Å². The van der Waals surface area contributed by atoms with Crippen LogP contribution in [0.1, 0.15) is 0 Å². The number of halogens is 5. The zero-order valence-electron chi connectivity index (χ0n) is 3.17. The molecule has 0 amide bonds. The Balaban J connectivity index is -0.0000000150. The zero-order valence-corrected chi connectivity index (χ0v) is 12.5. The molecule has 0 aliphatic rings. The minimum Gasteiger partial charge on any atom is -1.00 e. The van der Waals surface area contributed by atoms with Gasteiger partial charge in [-0.05, 0) is 0 Å². The van der Waals surface area contributed by atoms with E-state index in [9.17, 15) is 0 Å². The molecule has 0 N–H and O–H groups in total. The molecular weight excluding hydrogens is 435 g/mol. The molecule has 0 atom stereocenters. The van der Waals surface area contributed by atoms with Crippen LogP contribution in [0.25, 0.3) is 0 Å². The average Bonchev–Trinajstić information content (AvgIpc) is 0.811. The van der Waals surface area contributed by atoms with E-state index < -0.39 is 0 Å². The molecule has 0 aromatic heterocycles. The van der Waals surface area contributed by atoms with E-state index in [-0.39, 0.29) is 60.2 Å². The number of hydrogen-bond acceptors (Lipinski definition) is 0. The Kier molecular flexibility index (Phi) is 51.7. The minimum atomic E-state index is 0. The van der Waals surface area contributed by atoms with Crippen LogP contribution >= 0.6 is 47.3 Å². The fraction of sp³-hybridized carbons (Fsp3) is 0. The summed E-state index contributed by atoms with van der Waals surface area (Å²) in [6.45, 7) is 0. The second-order valence-corrected chi connectivity index (χ2v) is 6.68. The van der Waals surface area contributed by atoms with Crippen LogP contribution in [-0.4, -0.2) is 26.2 Å². The molecular formula is BBr5Mg. The van der Waals surface area contributed by atoms with E-state index in [0.29, 0.717) is 0 Å². The van der Waals surface area contributed by atoms with Gasteiger partial charge in [0.25, 0.3) is 0 Å². The van der Waals surface area contributed by atoms with Crippen molar-refractivity contribution in [3.63, 3.8) is 0 Å². The van der Waals surface area contributed by atoms with Crippen LogP contribution in [0.5, 0.6) is 0 Å². The van der Waals surface area contributed by atoms with Crippen molar-refractivity contribution in [1.29, 1.82) is 0 Å². The summed E-state index contributed by atoms with van der Waals surface area (Å²) in [6.07, 6.45) is 0. The SMILES string of the molecule is BrB(Br)Br.[Br-].[Br-].[Mg+2]. The predicted molar refractivity (Wildman–Crippen MR) is 38.3 cm³/mol. The molecule has 0 saturated carbocycles. The maximum atomic E-state index is 3.10. The smallest absolute Gasteiger partial charge is 1.00 e. The Bertz CT molecular complexity index is 12.8. The van der Waals surface area contributed by atoms with Crippen molar-refractivity contribution in [1.82, 2.24) is 0 Å². The molecule has 0 saturated heterocycles. The third-order valence-electron chi connectivity index (χ3n) is 0. The first-order valence-electron chi connectivity index (χ1n) is 0.655. The van der Waals surface area contributed by atoms with Gasteiger partial charge in [0.2, 0.25) is 0 Å². The van der Waals surface area contributed by atoms with Gasteiger partial charge in [-0.1, -0.05) is 0 Å². The van der Waals surface area contributed by atoms with E-state index in [1.54, 1.807) is 0 Å². The standard InChI is InChI=1S/BBr3.2BrH.Mg/c2-1(3)4;;;/h;2*1H;/q;;;+2/p-2. The van der Waals surface area contributed by atoms with Gasteiger partial charge in [0.05, 0.1) is 0 Å². The molecule has 7 heteroatoms. The molecule has 0 aromatic rings. The van der Waals surface area contributed by atoms with E-state index in [4.69, 9.17) is 0 Å². The summed E-state index contributed by atoms with van der Waals surface area (Å²) in [4.78, 5) is 0. The average molecular weight is 435 g/mol. The third kappa shape index (κ3) is 46.2. The van der Waals surface area contributed by atoms with Crippen LogP contribution in [0.3, 0.4) is 0 Å². The van der Waals surface area contributed by atoms with Crippen LogP contribution in [-0.2, 0) is 0 Å². The van der Waals surface area contributed by atoms with E-state index >= 15 is 0 Å². The van der Waals surface area contributed by atoms with Crippen LogP contribution in [0.2, 0.25) is 0 Å². The molecule has 0 aliphatic heterocycles. The minimum absolute atomic E-state index is 0. The molecule has 0 unspecified atom stereocenters. The quantitative estimate of drug-likeness (QED) is 0.339. The monoisotopic (exact) mass is 430 g/mol. The summed E-state index contributed by atoms with van der Waals surface area (Å²) < 4.78 is 0.271. The van der Waals surface area contributed by atoms with Gasteiger partial charge in [0.15, 0.2) is 0 Å². The molecule has 0 rings (SSSR count). The van der Waals surface area contributed by atoms with Crippen molar-refractivity contribution in [2.24, 2.45) is 0 Å². The first-order chi connectivity index (χ1) is 1.73. The van der Waals surface area contributed by atoms with Crippen LogP contribution in [0.15, 0.2) is 0 Å². The molecule has 0 aromatic carbocycles.